The van der Waals surface area contributed by atoms with E-state index in [-0.39, 0.29) is 6.17 Å². The van der Waals surface area contributed by atoms with E-state index in [1.165, 1.54) is 94.9 Å². The third-order valence-electron chi connectivity index (χ3n) is 10.9. The molecule has 0 saturated carbocycles. The van der Waals surface area contributed by atoms with Crippen LogP contribution in [0, 0.1) is 11.8 Å². The van der Waals surface area contributed by atoms with Crippen LogP contribution in [-0.2, 0) is 0 Å². The van der Waals surface area contributed by atoms with Gasteiger partial charge in [-0.2, -0.15) is 0 Å². The number of allylic oxidation sites excluding steroid dienone is 7. The Hall–Kier alpha value is -5.60. The molecule has 0 saturated heterocycles. The average Bonchev–Trinajstić information content (AvgIpc) is 3.50. The van der Waals surface area contributed by atoms with Gasteiger partial charge in [-0.1, -0.05) is 140 Å². The molecule has 48 heavy (non-hydrogen) atoms. The van der Waals surface area contributed by atoms with Crippen molar-refractivity contribution in [3.8, 4) is 0 Å². The van der Waals surface area contributed by atoms with Gasteiger partial charge in [-0.3, -0.25) is 0 Å². The molecular weight excluding hydrogens is 581 g/mol. The zero-order valence-electron chi connectivity index (χ0n) is 27.0. The van der Waals surface area contributed by atoms with Gasteiger partial charge in [0.1, 0.15) is 6.17 Å². The summed E-state index contributed by atoms with van der Waals surface area (Å²) in [5.74, 6) is 1.06. The van der Waals surface area contributed by atoms with Crippen LogP contribution in [0.5, 0.6) is 0 Å². The van der Waals surface area contributed by atoms with Crippen LogP contribution < -0.4 is 5.32 Å². The Kier molecular flexibility index (Phi) is 6.14. The molecule has 2 heteroatoms. The molecule has 230 valence electrons. The minimum atomic E-state index is -0.106. The molecule has 1 aromatic heterocycles. The summed E-state index contributed by atoms with van der Waals surface area (Å²) in [6.07, 6.45) is 16.7. The second-order valence-corrected chi connectivity index (χ2v) is 13.7. The number of dihydropyridines is 1. The maximum atomic E-state index is 4.11. The summed E-state index contributed by atoms with van der Waals surface area (Å²) in [5, 5.41) is 14.5. The van der Waals surface area contributed by atoms with Gasteiger partial charge in [-0.05, 0) is 75.2 Å². The highest BCUT2D eigenvalue weighted by molar-refractivity contribution is 6.36. The molecule has 1 aliphatic heterocycles. The monoisotopic (exact) mass is 616 g/mol. The molecule has 2 nitrogen and oxygen atoms in total. The summed E-state index contributed by atoms with van der Waals surface area (Å²) in [5.41, 5.74) is 8.97. The van der Waals surface area contributed by atoms with E-state index >= 15 is 0 Å². The smallest absolute Gasteiger partial charge is 0.124 e. The molecule has 0 radical (unpaired) electrons. The summed E-state index contributed by atoms with van der Waals surface area (Å²) < 4.78 is 2.58. The first kappa shape index (κ1) is 27.5. The molecule has 3 atom stereocenters. The second-order valence-electron chi connectivity index (χ2n) is 13.7. The first-order chi connectivity index (χ1) is 23.7. The van der Waals surface area contributed by atoms with Crippen LogP contribution in [0.15, 0.2) is 169 Å². The normalized spacial score (nSPS) is 20.8. The van der Waals surface area contributed by atoms with Crippen LogP contribution in [-0.4, -0.2) is 4.57 Å². The number of fused-ring (bicyclic) bond motifs is 11. The number of para-hydroxylation sites is 1. The van der Waals surface area contributed by atoms with Gasteiger partial charge in [0.05, 0.1) is 11.0 Å². The maximum absolute atomic E-state index is 4.11. The Balaban J connectivity index is 1.30. The van der Waals surface area contributed by atoms with Crippen molar-refractivity contribution in [2.75, 3.05) is 0 Å². The zero-order valence-corrected chi connectivity index (χ0v) is 27.0. The van der Waals surface area contributed by atoms with E-state index < -0.39 is 0 Å². The lowest BCUT2D eigenvalue weighted by Gasteiger charge is -2.34. The van der Waals surface area contributed by atoms with Gasteiger partial charge in [-0.15, -0.1) is 0 Å². The Morgan fingerprint density at radius 2 is 1.40 bits per heavy atom. The Bertz CT molecular complexity index is 2610. The number of hydrogen-bond acceptors (Lipinski definition) is 1. The van der Waals surface area contributed by atoms with Gasteiger partial charge in [0, 0.05) is 38.7 Å². The molecule has 7 aromatic rings. The maximum Gasteiger partial charge on any atom is 0.124 e. The fraction of sp³-hybridized carbons (Fsp3) is 0.130. The Morgan fingerprint density at radius 1 is 0.646 bits per heavy atom. The molecule has 0 bridgehead atoms. The minimum absolute atomic E-state index is 0.106. The summed E-state index contributed by atoms with van der Waals surface area (Å²) in [7, 11) is 0. The van der Waals surface area contributed by atoms with E-state index in [4.69, 9.17) is 0 Å². The Labute approximate surface area is 280 Å². The van der Waals surface area contributed by atoms with E-state index in [2.05, 4.69) is 169 Å². The standard InChI is InChI=1S/C46H36N2/c1-29-22-23-32-15-11-20-36(40(32)26-29)41-27-33(30-12-3-2-4-13-30)28-43(47-41)48-42-21-10-9-19-39(42)45-44-34-16-6-5-14-31(34)24-25-37(44)35-17-7-8-18-38(35)46(45)48/h2-21,24-29,32,43,47H,22-23H2,1H3. The highest BCUT2D eigenvalue weighted by Gasteiger charge is 2.30. The van der Waals surface area contributed by atoms with Crippen molar-refractivity contribution >= 4 is 59.7 Å². The predicted octanol–water partition coefficient (Wildman–Crippen LogP) is 11.8. The number of nitrogens with zero attached hydrogens (tertiary/aromatic N) is 1. The van der Waals surface area contributed by atoms with E-state index in [9.17, 15) is 0 Å². The topological polar surface area (TPSA) is 17.0 Å². The largest absolute Gasteiger partial charge is 0.361 e. The molecule has 1 N–H and O–H groups in total. The predicted molar refractivity (Wildman–Crippen MR) is 204 cm³/mol. The molecule has 0 spiro atoms. The van der Waals surface area contributed by atoms with Crippen molar-refractivity contribution in [1.29, 1.82) is 0 Å². The highest BCUT2D eigenvalue weighted by Crippen LogP contribution is 2.46. The van der Waals surface area contributed by atoms with E-state index in [0.717, 1.165) is 0 Å². The molecule has 2 aliphatic carbocycles. The van der Waals surface area contributed by atoms with Gasteiger partial charge < -0.3 is 9.88 Å². The van der Waals surface area contributed by atoms with Gasteiger partial charge in [0.15, 0.2) is 0 Å². The Morgan fingerprint density at radius 3 is 2.27 bits per heavy atom. The zero-order chi connectivity index (χ0) is 31.8. The van der Waals surface area contributed by atoms with Crippen LogP contribution in [0.3, 0.4) is 0 Å². The first-order valence-corrected chi connectivity index (χ1v) is 17.3. The molecule has 10 rings (SSSR count). The minimum Gasteiger partial charge on any atom is -0.361 e. The quantitative estimate of drug-likeness (QED) is 0.195. The summed E-state index contributed by atoms with van der Waals surface area (Å²) >= 11 is 0. The van der Waals surface area contributed by atoms with Crippen LogP contribution in [0.1, 0.15) is 31.5 Å². The summed E-state index contributed by atoms with van der Waals surface area (Å²) in [6, 6.07) is 42.4. The fourth-order valence-electron chi connectivity index (χ4n) is 8.71. The lowest BCUT2D eigenvalue weighted by molar-refractivity contribution is 0.506. The number of rotatable bonds is 3. The molecule has 2 heterocycles. The molecular formula is C46H36N2. The highest BCUT2D eigenvalue weighted by atomic mass is 15.2. The fourth-order valence-corrected chi connectivity index (χ4v) is 8.71. The molecule has 0 amide bonds. The van der Waals surface area contributed by atoms with E-state index in [1.54, 1.807) is 0 Å². The summed E-state index contributed by atoms with van der Waals surface area (Å²) in [4.78, 5) is 0. The number of hydrogen-bond donors (Lipinski definition) is 1. The lowest BCUT2D eigenvalue weighted by atomic mass is 9.76. The van der Waals surface area contributed by atoms with Gasteiger partial charge in [0.2, 0.25) is 0 Å². The van der Waals surface area contributed by atoms with Crippen molar-refractivity contribution in [3.63, 3.8) is 0 Å². The van der Waals surface area contributed by atoms with Gasteiger partial charge in [0.25, 0.3) is 0 Å². The van der Waals surface area contributed by atoms with Crippen LogP contribution in [0.25, 0.3) is 59.7 Å². The van der Waals surface area contributed by atoms with Crippen LogP contribution in [0.4, 0.5) is 0 Å². The number of aromatic nitrogens is 1. The average molecular weight is 617 g/mol. The molecule has 0 fully saturated rings. The van der Waals surface area contributed by atoms with E-state index in [1.807, 2.05) is 0 Å². The second kappa shape index (κ2) is 10.7. The third-order valence-corrected chi connectivity index (χ3v) is 10.9. The molecule has 6 aromatic carbocycles. The van der Waals surface area contributed by atoms with Crippen molar-refractivity contribution < 1.29 is 0 Å². The number of benzene rings is 6. The van der Waals surface area contributed by atoms with Crippen molar-refractivity contribution in [3.05, 3.63) is 174 Å². The lowest BCUT2D eigenvalue weighted by Crippen LogP contribution is -2.30. The van der Waals surface area contributed by atoms with Gasteiger partial charge in [-0.25, -0.2) is 0 Å². The van der Waals surface area contributed by atoms with Crippen molar-refractivity contribution in [2.45, 2.75) is 25.9 Å². The van der Waals surface area contributed by atoms with E-state index in [0.29, 0.717) is 11.8 Å². The van der Waals surface area contributed by atoms with Crippen molar-refractivity contribution in [2.24, 2.45) is 11.8 Å². The van der Waals surface area contributed by atoms with Crippen LogP contribution >= 0.6 is 0 Å². The summed E-state index contributed by atoms with van der Waals surface area (Å²) in [6.45, 7) is 2.36. The molecule has 3 aliphatic rings. The van der Waals surface area contributed by atoms with Gasteiger partial charge >= 0.3 is 0 Å². The van der Waals surface area contributed by atoms with Crippen molar-refractivity contribution in [1.82, 2.24) is 9.88 Å². The third kappa shape index (κ3) is 4.12. The molecule has 3 unspecified atom stereocenters. The van der Waals surface area contributed by atoms with Crippen LogP contribution in [0.2, 0.25) is 0 Å². The number of nitrogens with one attached hydrogen (secondary N) is 1. The first-order valence-electron chi connectivity index (χ1n) is 17.3. The SMILES string of the molecule is CC1C=C2C(C3=CC(c4ccccc4)=CC(n4c5ccccc5c5c6c7ccccc7ccc6c6ccccc6c54)N3)=CC=CC2CC1.